The van der Waals surface area contributed by atoms with Crippen LogP contribution in [-0.2, 0) is 9.53 Å². The molecule has 2 rings (SSSR count). The molecule has 0 unspecified atom stereocenters. The first kappa shape index (κ1) is 11.9. The van der Waals surface area contributed by atoms with Gasteiger partial charge in [0.25, 0.3) is 0 Å². The van der Waals surface area contributed by atoms with Gasteiger partial charge in [0.15, 0.2) is 0 Å². The van der Waals surface area contributed by atoms with Crippen molar-refractivity contribution in [3.63, 3.8) is 0 Å². The molecule has 2 fully saturated rings. The first-order valence-corrected chi connectivity index (χ1v) is 6.18. The van der Waals surface area contributed by atoms with E-state index in [1.165, 1.54) is 19.3 Å². The average Bonchev–Trinajstić information content (AvgIpc) is 3.04. The molecule has 92 valence electrons. The molecule has 2 aliphatic rings. The Morgan fingerprint density at radius 3 is 2.62 bits per heavy atom. The van der Waals surface area contributed by atoms with E-state index in [4.69, 9.17) is 4.74 Å². The number of methoxy groups -OCH3 is 1. The zero-order chi connectivity index (χ0) is 11.6. The van der Waals surface area contributed by atoms with Gasteiger partial charge in [-0.25, -0.2) is 0 Å². The molecule has 2 saturated carbocycles. The molecule has 0 aromatic heterocycles. The monoisotopic (exact) mass is 226 g/mol. The number of amides is 1. The Labute approximate surface area is 97.3 Å². The van der Waals surface area contributed by atoms with Crippen LogP contribution >= 0.6 is 0 Å². The largest absolute Gasteiger partial charge is 0.377 e. The van der Waals surface area contributed by atoms with Gasteiger partial charge in [-0.3, -0.25) is 4.79 Å². The van der Waals surface area contributed by atoms with Crippen LogP contribution in [0.2, 0.25) is 0 Å². The molecular formula is C12H22N2O2. The number of nitrogens with zero attached hydrogens (tertiary/aromatic N) is 1. The maximum Gasteiger partial charge on any atom is 0.236 e. The van der Waals surface area contributed by atoms with E-state index in [1.54, 1.807) is 7.11 Å². The predicted octanol–water partition coefficient (Wildman–Crippen LogP) is 0.766. The molecule has 0 atom stereocenters. The van der Waals surface area contributed by atoms with E-state index < -0.39 is 0 Å². The van der Waals surface area contributed by atoms with Crippen molar-refractivity contribution in [1.29, 1.82) is 0 Å². The summed E-state index contributed by atoms with van der Waals surface area (Å²) in [7, 11) is 3.66. The minimum absolute atomic E-state index is 0.0123. The Bertz CT molecular complexity index is 254. The van der Waals surface area contributed by atoms with Gasteiger partial charge in [0, 0.05) is 26.7 Å². The average molecular weight is 226 g/mol. The Balaban J connectivity index is 1.65. The van der Waals surface area contributed by atoms with Crippen molar-refractivity contribution in [2.75, 3.05) is 27.2 Å². The summed E-state index contributed by atoms with van der Waals surface area (Å²) >= 11 is 0. The highest BCUT2D eigenvalue weighted by molar-refractivity contribution is 5.78. The second-order valence-corrected chi connectivity index (χ2v) is 5.08. The summed E-state index contributed by atoms with van der Waals surface area (Å²) in [6.07, 6.45) is 5.81. The third-order valence-electron chi connectivity index (χ3n) is 3.91. The van der Waals surface area contributed by atoms with Crippen LogP contribution in [0.3, 0.4) is 0 Å². The lowest BCUT2D eigenvalue weighted by Crippen LogP contribution is -2.50. The second kappa shape index (κ2) is 4.72. The molecule has 0 bridgehead atoms. The van der Waals surface area contributed by atoms with Crippen LogP contribution in [0.4, 0.5) is 0 Å². The fourth-order valence-electron chi connectivity index (χ4n) is 2.21. The lowest BCUT2D eigenvalue weighted by Gasteiger charge is -2.40. The first-order valence-electron chi connectivity index (χ1n) is 6.18. The number of ether oxygens (including phenoxy) is 1. The van der Waals surface area contributed by atoms with E-state index >= 15 is 0 Å². The first-order chi connectivity index (χ1) is 7.67. The topological polar surface area (TPSA) is 41.6 Å². The van der Waals surface area contributed by atoms with Crippen molar-refractivity contribution in [3.05, 3.63) is 0 Å². The summed E-state index contributed by atoms with van der Waals surface area (Å²) in [5.74, 6) is 0.202. The molecule has 0 spiro atoms. The molecular weight excluding hydrogens is 204 g/mol. The number of hydrogen-bond donors (Lipinski definition) is 1. The van der Waals surface area contributed by atoms with Gasteiger partial charge in [-0.05, 0) is 32.1 Å². The van der Waals surface area contributed by atoms with Crippen LogP contribution in [-0.4, -0.2) is 49.7 Å². The van der Waals surface area contributed by atoms with Gasteiger partial charge in [-0.2, -0.15) is 0 Å². The fourth-order valence-corrected chi connectivity index (χ4v) is 2.21. The molecule has 0 aliphatic heterocycles. The van der Waals surface area contributed by atoms with Crippen LogP contribution in [0, 0.1) is 0 Å². The van der Waals surface area contributed by atoms with Crippen LogP contribution in [0.25, 0.3) is 0 Å². The van der Waals surface area contributed by atoms with Gasteiger partial charge in [0.1, 0.15) is 0 Å². The van der Waals surface area contributed by atoms with E-state index in [-0.39, 0.29) is 11.5 Å². The Kier molecular flexibility index (Phi) is 3.50. The maximum atomic E-state index is 11.7. The minimum atomic E-state index is 0.0123. The standard InChI is InChI=1S/C12H22N2O2/c1-14(10-4-5-10)11(15)8-13-9-12(16-2)6-3-7-12/h10,13H,3-9H2,1-2H3. The number of nitrogens with one attached hydrogen (secondary N) is 1. The molecule has 0 radical (unpaired) electrons. The molecule has 0 aromatic carbocycles. The van der Waals surface area contributed by atoms with Crippen molar-refractivity contribution in [1.82, 2.24) is 10.2 Å². The summed E-state index contributed by atoms with van der Waals surface area (Å²) in [5.41, 5.74) is 0.0123. The second-order valence-electron chi connectivity index (χ2n) is 5.08. The number of carbonyl (C=O) groups is 1. The molecule has 4 nitrogen and oxygen atoms in total. The molecule has 0 heterocycles. The third-order valence-corrected chi connectivity index (χ3v) is 3.91. The fraction of sp³-hybridized carbons (Fsp3) is 0.917. The lowest BCUT2D eigenvalue weighted by molar-refractivity contribution is -0.130. The van der Waals surface area contributed by atoms with Gasteiger partial charge in [0.05, 0.1) is 12.1 Å². The quantitative estimate of drug-likeness (QED) is 0.727. The van der Waals surface area contributed by atoms with Crippen LogP contribution in [0.1, 0.15) is 32.1 Å². The lowest BCUT2D eigenvalue weighted by atomic mass is 9.80. The zero-order valence-electron chi connectivity index (χ0n) is 10.3. The van der Waals surface area contributed by atoms with Crippen molar-refractivity contribution >= 4 is 5.91 Å². The highest BCUT2D eigenvalue weighted by atomic mass is 16.5. The smallest absolute Gasteiger partial charge is 0.236 e. The Morgan fingerprint density at radius 2 is 2.19 bits per heavy atom. The van der Waals surface area contributed by atoms with Gasteiger partial charge in [0.2, 0.25) is 5.91 Å². The highest BCUT2D eigenvalue weighted by Gasteiger charge is 2.37. The summed E-state index contributed by atoms with van der Waals surface area (Å²) < 4.78 is 5.49. The zero-order valence-corrected chi connectivity index (χ0v) is 10.3. The number of carbonyl (C=O) groups excluding carboxylic acids is 1. The number of hydrogen-bond acceptors (Lipinski definition) is 3. The van der Waals surface area contributed by atoms with Gasteiger partial charge in [-0.1, -0.05) is 0 Å². The SMILES string of the molecule is COC1(CNCC(=O)N(C)C2CC2)CCC1. The van der Waals surface area contributed by atoms with E-state index in [1.807, 2.05) is 11.9 Å². The van der Waals surface area contributed by atoms with Crippen LogP contribution < -0.4 is 5.32 Å². The summed E-state index contributed by atoms with van der Waals surface area (Å²) in [4.78, 5) is 13.6. The summed E-state index contributed by atoms with van der Waals surface area (Å²) in [6, 6.07) is 0.509. The molecule has 1 N–H and O–H groups in total. The van der Waals surface area contributed by atoms with Crippen molar-refractivity contribution in [3.8, 4) is 0 Å². The van der Waals surface area contributed by atoms with Crippen LogP contribution in [0.5, 0.6) is 0 Å². The summed E-state index contributed by atoms with van der Waals surface area (Å²) in [5, 5.41) is 3.23. The van der Waals surface area contributed by atoms with Crippen LogP contribution in [0.15, 0.2) is 0 Å². The van der Waals surface area contributed by atoms with Crippen molar-refractivity contribution in [2.45, 2.75) is 43.7 Å². The van der Waals surface area contributed by atoms with Gasteiger partial charge >= 0.3 is 0 Å². The molecule has 16 heavy (non-hydrogen) atoms. The Hall–Kier alpha value is -0.610. The molecule has 4 heteroatoms. The minimum Gasteiger partial charge on any atom is -0.377 e. The van der Waals surface area contributed by atoms with E-state index in [0.717, 1.165) is 19.4 Å². The molecule has 1 amide bonds. The maximum absolute atomic E-state index is 11.7. The van der Waals surface area contributed by atoms with E-state index in [9.17, 15) is 4.79 Å². The number of likely N-dealkylation sites (N-methyl/N-ethyl adjacent to an activating group) is 1. The van der Waals surface area contributed by atoms with Crippen molar-refractivity contribution < 1.29 is 9.53 Å². The Morgan fingerprint density at radius 1 is 1.50 bits per heavy atom. The summed E-state index contributed by atoms with van der Waals surface area (Å²) in [6.45, 7) is 1.24. The van der Waals surface area contributed by atoms with Gasteiger partial charge in [-0.15, -0.1) is 0 Å². The predicted molar refractivity (Wildman–Crippen MR) is 62.3 cm³/mol. The van der Waals surface area contributed by atoms with Crippen molar-refractivity contribution in [2.24, 2.45) is 0 Å². The van der Waals surface area contributed by atoms with E-state index in [2.05, 4.69) is 5.32 Å². The molecule has 0 saturated heterocycles. The third kappa shape index (κ3) is 2.55. The number of rotatable bonds is 6. The molecule has 0 aromatic rings. The molecule has 2 aliphatic carbocycles. The normalized spacial score (nSPS) is 22.6. The van der Waals surface area contributed by atoms with E-state index in [0.29, 0.717) is 12.6 Å². The van der Waals surface area contributed by atoms with Gasteiger partial charge < -0.3 is 15.0 Å². The highest BCUT2D eigenvalue weighted by Crippen LogP contribution is 2.34.